The van der Waals surface area contributed by atoms with Crippen molar-refractivity contribution in [1.29, 1.82) is 0 Å². The first kappa shape index (κ1) is 23.5. The normalized spacial score (nSPS) is 16.7. The number of hydrogen-bond acceptors (Lipinski definition) is 4. The lowest BCUT2D eigenvalue weighted by Crippen LogP contribution is -2.47. The molecule has 1 aliphatic heterocycles. The summed E-state index contributed by atoms with van der Waals surface area (Å²) < 4.78 is 11.5. The minimum absolute atomic E-state index is 0.135. The molecule has 3 N–H and O–H groups in total. The molecule has 6 heteroatoms. The van der Waals surface area contributed by atoms with Crippen molar-refractivity contribution in [3.8, 4) is 5.75 Å². The molecule has 2 rings (SSSR count). The lowest BCUT2D eigenvalue weighted by Gasteiger charge is -2.36. The van der Waals surface area contributed by atoms with E-state index in [2.05, 4.69) is 56.5 Å². The Morgan fingerprint density at radius 1 is 1.28 bits per heavy atom. The van der Waals surface area contributed by atoms with E-state index in [1.807, 2.05) is 0 Å². The zero-order valence-electron chi connectivity index (χ0n) is 18.6. The molecule has 1 saturated heterocycles. The van der Waals surface area contributed by atoms with Crippen molar-refractivity contribution in [2.75, 3.05) is 39.5 Å². The summed E-state index contributed by atoms with van der Waals surface area (Å²) in [6.45, 7) is 12.8. The van der Waals surface area contributed by atoms with Gasteiger partial charge in [-0.2, -0.15) is 0 Å². The summed E-state index contributed by atoms with van der Waals surface area (Å²) in [6.07, 6.45) is 2.76. The van der Waals surface area contributed by atoms with Gasteiger partial charge in [0.15, 0.2) is 5.96 Å². The van der Waals surface area contributed by atoms with E-state index in [4.69, 9.17) is 14.5 Å². The molecule has 0 amide bonds. The number of nitrogens with zero attached hydrogens (tertiary/aromatic N) is 1. The van der Waals surface area contributed by atoms with Gasteiger partial charge in [-0.1, -0.05) is 26.0 Å². The van der Waals surface area contributed by atoms with Crippen LogP contribution in [0, 0.1) is 18.3 Å². The van der Waals surface area contributed by atoms with Gasteiger partial charge in [0.1, 0.15) is 5.75 Å². The van der Waals surface area contributed by atoms with Crippen LogP contribution in [0.4, 0.5) is 0 Å². The Labute approximate surface area is 176 Å². The van der Waals surface area contributed by atoms with Gasteiger partial charge in [0.05, 0.1) is 19.8 Å². The molecule has 0 atom stereocenters. The van der Waals surface area contributed by atoms with Crippen LogP contribution in [0.3, 0.4) is 0 Å². The minimum Gasteiger partial charge on any atom is -0.493 e. The fraction of sp³-hybridized carbons (Fsp3) is 0.696. The fourth-order valence-corrected chi connectivity index (χ4v) is 3.30. The summed E-state index contributed by atoms with van der Waals surface area (Å²) in [6, 6.07) is 6.29. The van der Waals surface area contributed by atoms with E-state index in [0.29, 0.717) is 32.2 Å². The van der Waals surface area contributed by atoms with Crippen LogP contribution in [0.15, 0.2) is 23.2 Å². The van der Waals surface area contributed by atoms with E-state index in [9.17, 15) is 5.11 Å². The standard InChI is InChI=1S/C23H39N3O3/c1-5-24-22(26-16-23(17-27)9-12-28-13-10-23)25-15-20-7-6-19(4)14-21(20)29-11-8-18(2)3/h6-7,14,18,27H,5,8-13,15-17H2,1-4H3,(H2,24,25,26). The molecule has 0 saturated carbocycles. The van der Waals surface area contributed by atoms with Gasteiger partial charge in [-0.15, -0.1) is 0 Å². The van der Waals surface area contributed by atoms with Crippen LogP contribution in [0.1, 0.15) is 51.2 Å². The molecule has 1 fully saturated rings. The number of hydrogen-bond donors (Lipinski definition) is 3. The molecule has 0 spiro atoms. The number of ether oxygens (including phenoxy) is 2. The van der Waals surface area contributed by atoms with Crippen LogP contribution in [0.2, 0.25) is 0 Å². The van der Waals surface area contributed by atoms with Gasteiger partial charge in [0, 0.05) is 37.3 Å². The smallest absolute Gasteiger partial charge is 0.191 e. The summed E-state index contributed by atoms with van der Waals surface area (Å²) in [5, 5.41) is 16.6. The van der Waals surface area contributed by atoms with Crippen molar-refractivity contribution in [1.82, 2.24) is 10.6 Å². The number of aliphatic hydroxyl groups is 1. The van der Waals surface area contributed by atoms with Crippen molar-refractivity contribution in [2.45, 2.75) is 53.5 Å². The van der Waals surface area contributed by atoms with Crippen LogP contribution >= 0.6 is 0 Å². The highest BCUT2D eigenvalue weighted by atomic mass is 16.5. The predicted octanol–water partition coefficient (Wildman–Crippen LogP) is 3.26. The van der Waals surface area contributed by atoms with E-state index in [0.717, 1.165) is 49.7 Å². The second-order valence-electron chi connectivity index (χ2n) is 8.46. The molecule has 1 aromatic carbocycles. The van der Waals surface area contributed by atoms with Crippen LogP contribution in [-0.4, -0.2) is 50.6 Å². The zero-order valence-corrected chi connectivity index (χ0v) is 18.6. The van der Waals surface area contributed by atoms with Gasteiger partial charge in [0.25, 0.3) is 0 Å². The number of aliphatic hydroxyl groups excluding tert-OH is 1. The lowest BCUT2D eigenvalue weighted by atomic mass is 9.81. The molecule has 6 nitrogen and oxygen atoms in total. The SMILES string of the molecule is CCNC(=NCc1ccc(C)cc1OCCC(C)C)NCC1(CO)CCOCC1. The van der Waals surface area contributed by atoms with E-state index in [-0.39, 0.29) is 12.0 Å². The van der Waals surface area contributed by atoms with Crippen molar-refractivity contribution in [2.24, 2.45) is 16.3 Å². The molecule has 1 aliphatic rings. The summed E-state index contributed by atoms with van der Waals surface area (Å²) in [4.78, 5) is 4.77. The predicted molar refractivity (Wildman–Crippen MR) is 119 cm³/mol. The molecule has 1 aromatic rings. The first-order valence-corrected chi connectivity index (χ1v) is 10.9. The largest absolute Gasteiger partial charge is 0.493 e. The number of aryl methyl sites for hydroxylation is 1. The first-order valence-electron chi connectivity index (χ1n) is 10.9. The number of nitrogens with one attached hydrogen (secondary N) is 2. The van der Waals surface area contributed by atoms with Gasteiger partial charge in [-0.3, -0.25) is 0 Å². The van der Waals surface area contributed by atoms with Crippen molar-refractivity contribution in [3.63, 3.8) is 0 Å². The highest BCUT2D eigenvalue weighted by molar-refractivity contribution is 5.79. The molecule has 0 bridgehead atoms. The zero-order chi connectivity index (χ0) is 21.1. The van der Waals surface area contributed by atoms with Crippen molar-refractivity contribution in [3.05, 3.63) is 29.3 Å². The van der Waals surface area contributed by atoms with Gasteiger partial charge in [-0.25, -0.2) is 4.99 Å². The maximum absolute atomic E-state index is 9.90. The monoisotopic (exact) mass is 405 g/mol. The fourth-order valence-electron chi connectivity index (χ4n) is 3.30. The Hall–Kier alpha value is -1.79. The molecule has 0 aliphatic carbocycles. The molecule has 164 valence electrons. The highest BCUT2D eigenvalue weighted by Crippen LogP contribution is 2.29. The van der Waals surface area contributed by atoms with Crippen LogP contribution in [0.5, 0.6) is 5.75 Å². The number of aliphatic imine (C=N–C) groups is 1. The molecule has 0 aromatic heterocycles. The third kappa shape index (κ3) is 7.86. The second kappa shape index (κ2) is 12.0. The van der Waals surface area contributed by atoms with Gasteiger partial charge < -0.3 is 25.2 Å². The topological polar surface area (TPSA) is 75.1 Å². The molecule has 0 radical (unpaired) electrons. The van der Waals surface area contributed by atoms with Crippen molar-refractivity contribution >= 4 is 5.96 Å². The number of guanidine groups is 1. The Morgan fingerprint density at radius 3 is 2.69 bits per heavy atom. The minimum atomic E-state index is -0.135. The highest BCUT2D eigenvalue weighted by Gasteiger charge is 2.32. The number of benzene rings is 1. The lowest BCUT2D eigenvalue weighted by molar-refractivity contribution is -0.0131. The van der Waals surface area contributed by atoms with E-state index < -0.39 is 0 Å². The Morgan fingerprint density at radius 2 is 2.03 bits per heavy atom. The molecule has 0 unspecified atom stereocenters. The summed E-state index contributed by atoms with van der Waals surface area (Å²) >= 11 is 0. The Balaban J connectivity index is 2.03. The van der Waals surface area contributed by atoms with Gasteiger partial charge in [-0.05, 0) is 50.7 Å². The Kier molecular flexibility index (Phi) is 9.74. The third-order valence-electron chi connectivity index (χ3n) is 5.45. The molecule has 29 heavy (non-hydrogen) atoms. The first-order chi connectivity index (χ1) is 14.0. The van der Waals surface area contributed by atoms with E-state index in [1.54, 1.807) is 0 Å². The van der Waals surface area contributed by atoms with Gasteiger partial charge >= 0.3 is 0 Å². The van der Waals surface area contributed by atoms with E-state index >= 15 is 0 Å². The molecular weight excluding hydrogens is 366 g/mol. The number of rotatable bonds is 10. The van der Waals surface area contributed by atoms with Crippen LogP contribution in [0.25, 0.3) is 0 Å². The maximum Gasteiger partial charge on any atom is 0.191 e. The maximum atomic E-state index is 9.90. The summed E-state index contributed by atoms with van der Waals surface area (Å²) in [5.74, 6) is 2.30. The Bertz CT molecular complexity index is 640. The summed E-state index contributed by atoms with van der Waals surface area (Å²) in [7, 11) is 0. The van der Waals surface area contributed by atoms with Crippen LogP contribution in [-0.2, 0) is 11.3 Å². The average Bonchev–Trinajstić information content (AvgIpc) is 2.71. The second-order valence-corrected chi connectivity index (χ2v) is 8.46. The van der Waals surface area contributed by atoms with Gasteiger partial charge in [0.2, 0.25) is 0 Å². The van der Waals surface area contributed by atoms with Crippen molar-refractivity contribution < 1.29 is 14.6 Å². The summed E-state index contributed by atoms with van der Waals surface area (Å²) in [5.41, 5.74) is 2.13. The van der Waals surface area contributed by atoms with Crippen LogP contribution < -0.4 is 15.4 Å². The third-order valence-corrected chi connectivity index (χ3v) is 5.45. The van der Waals surface area contributed by atoms with E-state index in [1.165, 1.54) is 5.56 Å². The molecular formula is C23H39N3O3. The molecule has 1 heterocycles. The average molecular weight is 406 g/mol. The quantitative estimate of drug-likeness (QED) is 0.411.